The number of benzene rings is 1. The van der Waals surface area contributed by atoms with E-state index in [9.17, 15) is 14.0 Å². The lowest BCUT2D eigenvalue weighted by Crippen LogP contribution is -2.41. The van der Waals surface area contributed by atoms with Gasteiger partial charge in [0.2, 0.25) is 0 Å². The number of nitrogens with two attached hydrogens (primary N) is 1. The first kappa shape index (κ1) is 15.3. The number of nitrogens with zero attached hydrogens (tertiary/aromatic N) is 1. The smallest absolute Gasteiger partial charge is 0.303 e. The van der Waals surface area contributed by atoms with Gasteiger partial charge in [-0.05, 0) is 43.9 Å². The molecule has 1 saturated heterocycles. The molecule has 0 bridgehead atoms. The van der Waals surface area contributed by atoms with Gasteiger partial charge in [-0.1, -0.05) is 0 Å². The van der Waals surface area contributed by atoms with Gasteiger partial charge in [0, 0.05) is 24.7 Å². The second kappa shape index (κ2) is 6.56. The zero-order valence-corrected chi connectivity index (χ0v) is 11.7. The van der Waals surface area contributed by atoms with Gasteiger partial charge in [0.1, 0.15) is 5.82 Å². The number of anilines is 1. The molecule has 21 heavy (non-hydrogen) atoms. The van der Waals surface area contributed by atoms with Crippen LogP contribution in [0.1, 0.15) is 42.5 Å². The number of rotatable bonds is 5. The van der Waals surface area contributed by atoms with E-state index in [1.54, 1.807) is 6.07 Å². The van der Waals surface area contributed by atoms with Gasteiger partial charge in [-0.25, -0.2) is 4.39 Å². The first-order valence-corrected chi connectivity index (χ1v) is 7.07. The molecule has 0 radical (unpaired) electrons. The third-order valence-electron chi connectivity index (χ3n) is 3.85. The van der Waals surface area contributed by atoms with Gasteiger partial charge in [-0.15, -0.1) is 0 Å². The summed E-state index contributed by atoms with van der Waals surface area (Å²) in [4.78, 5) is 24.3. The summed E-state index contributed by atoms with van der Waals surface area (Å²) in [5, 5.41) is 8.84. The molecule has 1 fully saturated rings. The van der Waals surface area contributed by atoms with Crippen molar-refractivity contribution in [2.24, 2.45) is 5.73 Å². The number of aliphatic carboxylic acids is 1. The van der Waals surface area contributed by atoms with Gasteiger partial charge in [-0.2, -0.15) is 0 Å². The Bertz CT molecular complexity index is 548. The lowest BCUT2D eigenvalue weighted by molar-refractivity contribution is -0.137. The SMILES string of the molecule is NC(=O)c1cc(F)ccc1N1CCCCC1CCC(=O)O. The third kappa shape index (κ3) is 3.71. The van der Waals surface area contributed by atoms with Gasteiger partial charge in [0.25, 0.3) is 5.91 Å². The van der Waals surface area contributed by atoms with E-state index in [1.165, 1.54) is 6.07 Å². The van der Waals surface area contributed by atoms with Crippen LogP contribution in [0.3, 0.4) is 0 Å². The zero-order chi connectivity index (χ0) is 15.4. The predicted molar refractivity (Wildman–Crippen MR) is 76.8 cm³/mol. The summed E-state index contributed by atoms with van der Waals surface area (Å²) in [5.74, 6) is -2.02. The summed E-state index contributed by atoms with van der Waals surface area (Å²) in [6, 6.07) is 4.03. The highest BCUT2D eigenvalue weighted by atomic mass is 19.1. The fraction of sp³-hybridized carbons (Fsp3) is 0.467. The number of carboxylic acid groups (broad SMARTS) is 1. The fourth-order valence-electron chi connectivity index (χ4n) is 2.86. The highest BCUT2D eigenvalue weighted by Crippen LogP contribution is 2.30. The Labute approximate surface area is 122 Å². The molecular weight excluding hydrogens is 275 g/mol. The first-order chi connectivity index (χ1) is 9.99. The Morgan fingerprint density at radius 1 is 1.38 bits per heavy atom. The van der Waals surface area contributed by atoms with Gasteiger partial charge in [0.15, 0.2) is 0 Å². The van der Waals surface area contributed by atoms with Gasteiger partial charge < -0.3 is 15.7 Å². The predicted octanol–water partition coefficient (Wildman–Crippen LogP) is 2.15. The number of carbonyl (C=O) groups is 2. The normalized spacial score (nSPS) is 18.5. The maximum Gasteiger partial charge on any atom is 0.303 e. The molecule has 0 aromatic heterocycles. The molecule has 1 unspecified atom stereocenters. The van der Waals surface area contributed by atoms with Crippen molar-refractivity contribution in [2.75, 3.05) is 11.4 Å². The van der Waals surface area contributed by atoms with E-state index < -0.39 is 17.7 Å². The molecule has 0 spiro atoms. The van der Waals surface area contributed by atoms with Crippen molar-refractivity contribution in [2.45, 2.75) is 38.1 Å². The van der Waals surface area contributed by atoms with Crippen molar-refractivity contribution in [1.82, 2.24) is 0 Å². The Hall–Kier alpha value is -2.11. The monoisotopic (exact) mass is 294 g/mol. The third-order valence-corrected chi connectivity index (χ3v) is 3.85. The zero-order valence-electron chi connectivity index (χ0n) is 11.7. The van der Waals surface area contributed by atoms with Gasteiger partial charge in [-0.3, -0.25) is 9.59 Å². The number of hydrogen-bond donors (Lipinski definition) is 2. The molecule has 1 atom stereocenters. The molecule has 0 aliphatic carbocycles. The number of primary amides is 1. The van der Waals surface area contributed by atoms with Crippen molar-refractivity contribution < 1.29 is 19.1 Å². The van der Waals surface area contributed by atoms with E-state index >= 15 is 0 Å². The Kier molecular flexibility index (Phi) is 4.77. The van der Waals surface area contributed by atoms with Crippen molar-refractivity contribution in [3.05, 3.63) is 29.6 Å². The minimum Gasteiger partial charge on any atom is -0.481 e. The molecule has 1 aliphatic heterocycles. The summed E-state index contributed by atoms with van der Waals surface area (Å²) < 4.78 is 13.3. The molecule has 1 aromatic carbocycles. The van der Waals surface area contributed by atoms with Crippen molar-refractivity contribution in [3.8, 4) is 0 Å². The number of piperidine rings is 1. The van der Waals surface area contributed by atoms with E-state index in [-0.39, 0.29) is 18.0 Å². The minimum absolute atomic E-state index is 0.0402. The number of amides is 1. The fourth-order valence-corrected chi connectivity index (χ4v) is 2.86. The molecule has 0 saturated carbocycles. The van der Waals surface area contributed by atoms with Crippen LogP contribution >= 0.6 is 0 Å². The van der Waals surface area contributed by atoms with E-state index in [4.69, 9.17) is 10.8 Å². The Morgan fingerprint density at radius 2 is 2.14 bits per heavy atom. The molecular formula is C15H19FN2O3. The van der Waals surface area contributed by atoms with Crippen LogP contribution in [0.5, 0.6) is 0 Å². The molecule has 1 aliphatic rings. The molecule has 1 amide bonds. The second-order valence-electron chi connectivity index (χ2n) is 5.30. The number of carbonyl (C=O) groups excluding carboxylic acids is 1. The quantitative estimate of drug-likeness (QED) is 0.871. The van der Waals surface area contributed by atoms with Crippen LogP contribution in [0.25, 0.3) is 0 Å². The van der Waals surface area contributed by atoms with Crippen LogP contribution in [0.15, 0.2) is 18.2 Å². The van der Waals surface area contributed by atoms with Crippen LogP contribution in [-0.2, 0) is 4.79 Å². The van der Waals surface area contributed by atoms with E-state index in [0.717, 1.165) is 31.9 Å². The summed E-state index contributed by atoms with van der Waals surface area (Å²) in [6.45, 7) is 0.718. The number of hydrogen-bond acceptors (Lipinski definition) is 3. The standard InChI is InChI=1S/C15H19FN2O3/c16-10-4-6-13(12(9-10)15(17)21)18-8-2-1-3-11(18)5-7-14(19)20/h4,6,9,11H,1-3,5,7-8H2,(H2,17,21)(H,19,20). The van der Waals surface area contributed by atoms with Crippen LogP contribution in [-0.4, -0.2) is 29.6 Å². The van der Waals surface area contributed by atoms with Crippen molar-refractivity contribution in [3.63, 3.8) is 0 Å². The average molecular weight is 294 g/mol. The molecule has 1 aromatic rings. The first-order valence-electron chi connectivity index (χ1n) is 7.07. The molecule has 1 heterocycles. The van der Waals surface area contributed by atoms with Crippen LogP contribution in [0.2, 0.25) is 0 Å². The lowest BCUT2D eigenvalue weighted by Gasteiger charge is -2.38. The summed E-state index contributed by atoms with van der Waals surface area (Å²) in [5.41, 5.74) is 6.08. The highest BCUT2D eigenvalue weighted by Gasteiger charge is 2.26. The van der Waals surface area contributed by atoms with Crippen LogP contribution < -0.4 is 10.6 Å². The summed E-state index contributed by atoms with van der Waals surface area (Å²) in [6.07, 6.45) is 3.43. The summed E-state index contributed by atoms with van der Waals surface area (Å²) >= 11 is 0. The maximum atomic E-state index is 13.3. The molecule has 6 heteroatoms. The maximum absolute atomic E-state index is 13.3. The summed E-state index contributed by atoms with van der Waals surface area (Å²) in [7, 11) is 0. The van der Waals surface area contributed by atoms with Crippen molar-refractivity contribution in [1.29, 1.82) is 0 Å². The lowest BCUT2D eigenvalue weighted by atomic mass is 9.96. The highest BCUT2D eigenvalue weighted by molar-refractivity contribution is 5.98. The van der Waals surface area contributed by atoms with E-state index in [2.05, 4.69) is 0 Å². The second-order valence-corrected chi connectivity index (χ2v) is 5.30. The molecule has 2 rings (SSSR count). The Morgan fingerprint density at radius 3 is 2.81 bits per heavy atom. The Balaban J connectivity index is 2.28. The van der Waals surface area contributed by atoms with Crippen molar-refractivity contribution >= 4 is 17.6 Å². The minimum atomic E-state index is -0.838. The largest absolute Gasteiger partial charge is 0.481 e. The molecule has 3 N–H and O–H groups in total. The topological polar surface area (TPSA) is 83.6 Å². The molecule has 5 nitrogen and oxygen atoms in total. The van der Waals surface area contributed by atoms with Crippen LogP contribution in [0, 0.1) is 5.82 Å². The number of halogens is 1. The average Bonchev–Trinajstić information content (AvgIpc) is 2.45. The van der Waals surface area contributed by atoms with E-state index in [1.807, 2.05) is 4.90 Å². The van der Waals surface area contributed by atoms with Gasteiger partial charge >= 0.3 is 5.97 Å². The number of carboxylic acids is 1. The van der Waals surface area contributed by atoms with Crippen LogP contribution in [0.4, 0.5) is 10.1 Å². The molecule has 114 valence electrons. The van der Waals surface area contributed by atoms with E-state index in [0.29, 0.717) is 12.1 Å². The van der Waals surface area contributed by atoms with Gasteiger partial charge in [0.05, 0.1) is 5.56 Å².